The Morgan fingerprint density at radius 2 is 1.46 bits per heavy atom. The van der Waals surface area contributed by atoms with E-state index in [9.17, 15) is 14.7 Å². The third kappa shape index (κ3) is 6.83. The topological polar surface area (TPSA) is 127 Å². The van der Waals surface area contributed by atoms with Crippen molar-refractivity contribution in [2.45, 2.75) is 59.7 Å². The van der Waals surface area contributed by atoms with Crippen LogP contribution in [0.4, 0.5) is 26.9 Å². The first-order chi connectivity index (χ1) is 19.1. The van der Waals surface area contributed by atoms with Gasteiger partial charge in [-0.2, -0.15) is 4.90 Å². The van der Waals surface area contributed by atoms with E-state index in [1.807, 2.05) is 31.2 Å². The predicted molar refractivity (Wildman–Crippen MR) is 159 cm³/mol. The number of carbonyl (C=O) groups excluding carboxylic acids is 2. The number of ether oxygens (including phenoxy) is 2. The molecule has 0 bridgehead atoms. The van der Waals surface area contributed by atoms with Gasteiger partial charge in [0.2, 0.25) is 0 Å². The zero-order valence-corrected chi connectivity index (χ0v) is 24.7. The molecule has 0 atom stereocenters. The van der Waals surface area contributed by atoms with Gasteiger partial charge in [0.05, 0.1) is 10.7 Å². The van der Waals surface area contributed by atoms with E-state index in [1.54, 1.807) is 59.7 Å². The van der Waals surface area contributed by atoms with Crippen LogP contribution in [0.25, 0.3) is 22.0 Å². The minimum absolute atomic E-state index is 0.00834. The van der Waals surface area contributed by atoms with Crippen LogP contribution in [0.5, 0.6) is 5.75 Å². The van der Waals surface area contributed by atoms with Gasteiger partial charge in [-0.05, 0) is 66.7 Å². The summed E-state index contributed by atoms with van der Waals surface area (Å²) >= 11 is 6.80. The predicted octanol–water partition coefficient (Wildman–Crippen LogP) is 7.78. The number of pyridine rings is 1. The fourth-order valence-corrected chi connectivity index (χ4v) is 4.14. The van der Waals surface area contributed by atoms with E-state index >= 15 is 0 Å². The number of rotatable bonds is 4. The highest BCUT2D eigenvalue weighted by Crippen LogP contribution is 2.39. The summed E-state index contributed by atoms with van der Waals surface area (Å²) in [6, 6.07) is 12.5. The monoisotopic (exact) mass is 577 g/mol. The van der Waals surface area contributed by atoms with Crippen LogP contribution in [-0.2, 0) is 9.47 Å². The molecular weight excluding hydrogens is 546 g/mol. The molecule has 0 radical (unpaired) electrons. The number of fused-ring (bicyclic) bond motifs is 1. The lowest BCUT2D eigenvalue weighted by molar-refractivity contribution is 0.0429. The van der Waals surface area contributed by atoms with Gasteiger partial charge in [0.15, 0.2) is 17.4 Å². The largest absolute Gasteiger partial charge is 0.503 e. The lowest BCUT2D eigenvalue weighted by Gasteiger charge is -2.28. The molecule has 0 aliphatic carbocycles. The van der Waals surface area contributed by atoms with E-state index in [4.69, 9.17) is 21.1 Å². The highest BCUT2D eigenvalue weighted by atomic mass is 35.5. The standard InChI is InChI=1S/C30H32ClN5O5/c1-17-8-10-18(11-9-17)23-24(37)25(34-16-33-23)35-21-13-12-20-19(22(21)31)14-15-32-26(20)36(27(38)40-29(2,3)4)28(39)41-30(5,6)7/h8-16,37H,1-7H3,(H,33,34,35). The molecule has 0 fully saturated rings. The Morgan fingerprint density at radius 3 is 2.05 bits per heavy atom. The third-order valence-corrected chi connectivity index (χ3v) is 6.03. The molecular formula is C30H32ClN5O5. The highest BCUT2D eigenvalue weighted by molar-refractivity contribution is 6.39. The van der Waals surface area contributed by atoms with Crippen LogP contribution < -0.4 is 10.2 Å². The molecule has 41 heavy (non-hydrogen) atoms. The lowest BCUT2D eigenvalue weighted by Crippen LogP contribution is -2.44. The number of carbonyl (C=O) groups is 2. The maximum atomic E-state index is 13.2. The Balaban J connectivity index is 1.76. The summed E-state index contributed by atoms with van der Waals surface area (Å²) < 4.78 is 11.0. The zero-order chi connectivity index (χ0) is 30.1. The molecule has 2 heterocycles. The molecule has 4 rings (SSSR count). The number of benzene rings is 2. The number of nitrogens with one attached hydrogen (secondary N) is 1. The molecule has 11 heteroatoms. The summed E-state index contributed by atoms with van der Waals surface area (Å²) in [7, 11) is 0. The molecule has 10 nitrogen and oxygen atoms in total. The SMILES string of the molecule is Cc1ccc(-c2ncnc(Nc3ccc4c(N(C(=O)OC(C)(C)C)C(=O)OC(C)(C)C)nccc4c3Cl)c2O)cc1. The average Bonchev–Trinajstić information content (AvgIpc) is 2.86. The van der Waals surface area contributed by atoms with Crippen molar-refractivity contribution in [1.29, 1.82) is 0 Å². The van der Waals surface area contributed by atoms with E-state index in [0.29, 0.717) is 22.2 Å². The van der Waals surface area contributed by atoms with Gasteiger partial charge in [-0.15, -0.1) is 0 Å². The Labute approximate surface area is 243 Å². The van der Waals surface area contributed by atoms with Crippen LogP contribution in [0, 0.1) is 6.92 Å². The number of imide groups is 1. The molecule has 0 aliphatic heterocycles. The van der Waals surface area contributed by atoms with Crippen molar-refractivity contribution < 1.29 is 24.2 Å². The minimum Gasteiger partial charge on any atom is -0.503 e. The second-order valence-corrected chi connectivity index (χ2v) is 11.7. The number of aryl methyl sites for hydroxylation is 1. The van der Waals surface area contributed by atoms with E-state index in [0.717, 1.165) is 16.0 Å². The maximum Gasteiger partial charge on any atom is 0.425 e. The molecule has 214 valence electrons. The molecule has 0 unspecified atom stereocenters. The summed E-state index contributed by atoms with van der Waals surface area (Å²) in [5.41, 5.74) is 0.816. The third-order valence-electron chi connectivity index (χ3n) is 5.62. The molecule has 0 saturated carbocycles. The minimum atomic E-state index is -0.945. The summed E-state index contributed by atoms with van der Waals surface area (Å²) in [4.78, 5) is 39.9. The van der Waals surface area contributed by atoms with Crippen LogP contribution in [0.15, 0.2) is 55.0 Å². The van der Waals surface area contributed by atoms with Crippen LogP contribution >= 0.6 is 11.6 Å². The number of nitrogens with zero attached hydrogens (tertiary/aromatic N) is 4. The van der Waals surface area contributed by atoms with Gasteiger partial charge in [0, 0.05) is 22.5 Å². The zero-order valence-electron chi connectivity index (χ0n) is 23.9. The number of halogens is 1. The number of amides is 2. The van der Waals surface area contributed by atoms with Crippen molar-refractivity contribution in [2.75, 3.05) is 10.2 Å². The second-order valence-electron chi connectivity index (χ2n) is 11.4. The second kappa shape index (κ2) is 11.2. The van der Waals surface area contributed by atoms with Crippen molar-refractivity contribution in [3.63, 3.8) is 0 Å². The number of hydrogen-bond acceptors (Lipinski definition) is 9. The summed E-state index contributed by atoms with van der Waals surface area (Å²) in [6.07, 6.45) is 0.875. The first-order valence-electron chi connectivity index (χ1n) is 12.9. The number of hydrogen-bond donors (Lipinski definition) is 2. The molecule has 0 saturated heterocycles. The van der Waals surface area contributed by atoms with E-state index < -0.39 is 23.4 Å². The molecule has 4 aromatic rings. The molecule has 2 amide bonds. The van der Waals surface area contributed by atoms with Gasteiger partial charge >= 0.3 is 12.2 Å². The molecule has 2 aromatic carbocycles. The van der Waals surface area contributed by atoms with Gasteiger partial charge in [0.25, 0.3) is 0 Å². The maximum absolute atomic E-state index is 13.2. The summed E-state index contributed by atoms with van der Waals surface area (Å²) in [6.45, 7) is 12.1. The van der Waals surface area contributed by atoms with Gasteiger partial charge < -0.3 is 19.9 Å². The van der Waals surface area contributed by atoms with Crippen molar-refractivity contribution in [2.24, 2.45) is 0 Å². The van der Waals surface area contributed by atoms with E-state index in [-0.39, 0.29) is 22.4 Å². The average molecular weight is 578 g/mol. The lowest BCUT2D eigenvalue weighted by atomic mass is 10.1. The van der Waals surface area contributed by atoms with Gasteiger partial charge in [-0.25, -0.2) is 24.5 Å². The van der Waals surface area contributed by atoms with Crippen molar-refractivity contribution in [3.05, 3.63) is 65.6 Å². The molecule has 2 N–H and O–H groups in total. The van der Waals surface area contributed by atoms with Crippen LogP contribution in [0.2, 0.25) is 5.02 Å². The Hall–Kier alpha value is -4.44. The van der Waals surface area contributed by atoms with E-state index in [1.165, 1.54) is 12.5 Å². The first kappa shape index (κ1) is 29.5. The van der Waals surface area contributed by atoms with Crippen molar-refractivity contribution >= 4 is 51.9 Å². The summed E-state index contributed by atoms with van der Waals surface area (Å²) in [5, 5.41) is 15.1. The number of aromatic hydroxyl groups is 1. The Kier molecular flexibility index (Phi) is 8.08. The highest BCUT2D eigenvalue weighted by Gasteiger charge is 2.35. The van der Waals surface area contributed by atoms with Crippen LogP contribution in [-0.4, -0.2) is 43.4 Å². The normalized spacial score (nSPS) is 11.7. The van der Waals surface area contributed by atoms with Crippen molar-refractivity contribution in [3.8, 4) is 17.0 Å². The molecule has 2 aromatic heterocycles. The molecule has 0 spiro atoms. The molecule has 0 aliphatic rings. The first-order valence-corrected chi connectivity index (χ1v) is 13.2. The van der Waals surface area contributed by atoms with Gasteiger partial charge in [-0.3, -0.25) is 0 Å². The Morgan fingerprint density at radius 1 is 0.854 bits per heavy atom. The smallest absolute Gasteiger partial charge is 0.425 e. The van der Waals surface area contributed by atoms with Crippen molar-refractivity contribution in [1.82, 2.24) is 15.0 Å². The quantitative estimate of drug-likeness (QED) is 0.250. The van der Waals surface area contributed by atoms with Crippen LogP contribution in [0.3, 0.4) is 0 Å². The number of aromatic nitrogens is 3. The fourth-order valence-electron chi connectivity index (χ4n) is 3.86. The number of anilines is 3. The van der Waals surface area contributed by atoms with Gasteiger partial charge in [-0.1, -0.05) is 41.4 Å². The fraction of sp³-hybridized carbons (Fsp3) is 0.300. The Bertz CT molecular complexity index is 1580. The summed E-state index contributed by atoms with van der Waals surface area (Å²) in [5.74, 6) is -0.00908. The van der Waals surface area contributed by atoms with E-state index in [2.05, 4.69) is 20.3 Å². The van der Waals surface area contributed by atoms with Gasteiger partial charge in [0.1, 0.15) is 23.2 Å². The van der Waals surface area contributed by atoms with Crippen LogP contribution in [0.1, 0.15) is 47.1 Å².